The second-order valence-electron chi connectivity index (χ2n) is 5.41. The van der Waals surface area contributed by atoms with Crippen molar-refractivity contribution in [1.29, 1.82) is 0 Å². The molecule has 0 aliphatic rings. The van der Waals surface area contributed by atoms with E-state index >= 15 is 0 Å². The van der Waals surface area contributed by atoms with Crippen LogP contribution in [-0.2, 0) is 0 Å². The molecular weight excluding hydrogens is 342 g/mol. The third-order valence-corrected chi connectivity index (χ3v) is 4.00. The van der Waals surface area contributed by atoms with E-state index < -0.39 is 5.97 Å². The highest BCUT2D eigenvalue weighted by Gasteiger charge is 2.24. The molecule has 0 unspecified atom stereocenters. The molecule has 0 fully saturated rings. The van der Waals surface area contributed by atoms with Gasteiger partial charge >= 0.3 is 5.97 Å². The van der Waals surface area contributed by atoms with E-state index in [0.29, 0.717) is 33.4 Å². The Morgan fingerprint density at radius 1 is 1.08 bits per heavy atom. The Bertz CT molecular complexity index is 944. The van der Waals surface area contributed by atoms with Gasteiger partial charge in [0.1, 0.15) is 22.8 Å². The number of hydrogen-bond acceptors (Lipinski definition) is 5. The van der Waals surface area contributed by atoms with E-state index in [1.165, 1.54) is 6.92 Å². The van der Waals surface area contributed by atoms with Gasteiger partial charge in [0, 0.05) is 11.1 Å². The molecule has 25 heavy (non-hydrogen) atoms. The highest BCUT2D eigenvalue weighted by Crippen LogP contribution is 2.31. The Morgan fingerprint density at radius 3 is 2.40 bits per heavy atom. The number of ether oxygens (including phenoxy) is 1. The summed E-state index contributed by atoms with van der Waals surface area (Å²) < 4.78 is 10.5. The van der Waals surface area contributed by atoms with Crippen LogP contribution in [0.5, 0.6) is 5.75 Å². The summed E-state index contributed by atoms with van der Waals surface area (Å²) in [6.07, 6.45) is 0. The monoisotopic (exact) mass is 355 g/mol. The molecule has 126 valence electrons. The minimum atomic E-state index is -0.607. The fraction of sp³-hybridized carbons (Fsp3) is 0.105. The van der Waals surface area contributed by atoms with Crippen LogP contribution in [0.25, 0.3) is 11.3 Å². The van der Waals surface area contributed by atoms with E-state index in [4.69, 9.17) is 20.9 Å². The molecule has 0 bridgehead atoms. The minimum Gasteiger partial charge on any atom is -0.423 e. The van der Waals surface area contributed by atoms with Gasteiger partial charge < -0.3 is 9.26 Å². The topological polar surface area (TPSA) is 69.4 Å². The number of carbonyl (C=O) groups is 2. The number of nitrogens with zero attached hydrogens (tertiary/aromatic N) is 1. The average Bonchev–Trinajstić information content (AvgIpc) is 2.97. The quantitative estimate of drug-likeness (QED) is 0.384. The first-order valence-electron chi connectivity index (χ1n) is 7.51. The summed E-state index contributed by atoms with van der Waals surface area (Å²) >= 11 is 6.19. The normalized spacial score (nSPS) is 10.5. The van der Waals surface area contributed by atoms with E-state index in [2.05, 4.69) is 5.16 Å². The molecule has 0 atom stereocenters. The Hall–Kier alpha value is -2.92. The SMILES string of the molecule is CC(=O)c1ccc(OC(=O)c2c(-c3ccccc3Cl)noc2C)cc1. The van der Waals surface area contributed by atoms with Gasteiger partial charge in [-0.2, -0.15) is 0 Å². The van der Waals surface area contributed by atoms with Crippen LogP contribution in [0.3, 0.4) is 0 Å². The van der Waals surface area contributed by atoms with Crippen molar-refractivity contribution in [3.8, 4) is 17.0 Å². The predicted molar refractivity (Wildman–Crippen MR) is 93.1 cm³/mol. The summed E-state index contributed by atoms with van der Waals surface area (Å²) in [6, 6.07) is 13.4. The average molecular weight is 356 g/mol. The highest BCUT2D eigenvalue weighted by atomic mass is 35.5. The zero-order chi connectivity index (χ0) is 18.0. The summed E-state index contributed by atoms with van der Waals surface area (Å²) in [7, 11) is 0. The number of ketones is 1. The maximum atomic E-state index is 12.6. The molecule has 0 aliphatic heterocycles. The molecule has 3 aromatic rings. The minimum absolute atomic E-state index is 0.0613. The lowest BCUT2D eigenvalue weighted by atomic mass is 10.1. The van der Waals surface area contributed by atoms with Crippen molar-refractivity contribution in [3.05, 3.63) is 70.4 Å². The van der Waals surface area contributed by atoms with Crippen molar-refractivity contribution < 1.29 is 18.8 Å². The van der Waals surface area contributed by atoms with Crippen LogP contribution in [-0.4, -0.2) is 16.9 Å². The number of hydrogen-bond donors (Lipinski definition) is 0. The Labute approximate surface area is 149 Å². The fourth-order valence-electron chi connectivity index (χ4n) is 2.37. The number of halogens is 1. The molecule has 5 nitrogen and oxygen atoms in total. The first-order chi connectivity index (χ1) is 12.0. The van der Waals surface area contributed by atoms with E-state index in [1.54, 1.807) is 55.5 Å². The van der Waals surface area contributed by atoms with Gasteiger partial charge in [-0.1, -0.05) is 35.0 Å². The van der Waals surface area contributed by atoms with E-state index in [1.807, 2.05) is 0 Å². The second-order valence-corrected chi connectivity index (χ2v) is 5.82. The lowest BCUT2D eigenvalue weighted by Crippen LogP contribution is -2.10. The van der Waals surface area contributed by atoms with Crippen molar-refractivity contribution in [2.75, 3.05) is 0 Å². The number of aryl methyl sites for hydroxylation is 1. The number of esters is 1. The van der Waals surface area contributed by atoms with Crippen LogP contribution in [0.2, 0.25) is 5.02 Å². The lowest BCUT2D eigenvalue weighted by Gasteiger charge is -2.06. The fourth-order valence-corrected chi connectivity index (χ4v) is 2.59. The molecule has 6 heteroatoms. The standard InChI is InChI=1S/C19H14ClNO4/c1-11(22)13-7-9-14(10-8-13)24-19(23)17-12(2)25-21-18(17)15-5-3-4-6-16(15)20/h3-10H,1-2H3. The molecule has 0 aliphatic carbocycles. The Balaban J connectivity index is 1.92. The Kier molecular flexibility index (Phi) is 4.67. The smallest absolute Gasteiger partial charge is 0.349 e. The number of aromatic nitrogens is 1. The molecule has 0 amide bonds. The van der Waals surface area contributed by atoms with Gasteiger partial charge in [0.05, 0.1) is 5.02 Å². The summed E-state index contributed by atoms with van der Waals surface area (Å²) in [5.41, 5.74) is 1.66. The third-order valence-electron chi connectivity index (χ3n) is 3.67. The zero-order valence-electron chi connectivity index (χ0n) is 13.6. The largest absolute Gasteiger partial charge is 0.423 e. The third kappa shape index (κ3) is 3.46. The van der Waals surface area contributed by atoms with Crippen molar-refractivity contribution in [1.82, 2.24) is 5.16 Å². The van der Waals surface area contributed by atoms with Crippen LogP contribution >= 0.6 is 11.6 Å². The molecule has 1 aromatic heterocycles. The van der Waals surface area contributed by atoms with Gasteiger partial charge in [-0.15, -0.1) is 0 Å². The first-order valence-corrected chi connectivity index (χ1v) is 7.89. The van der Waals surface area contributed by atoms with Crippen molar-refractivity contribution in [3.63, 3.8) is 0 Å². The molecule has 0 radical (unpaired) electrons. The molecule has 0 saturated heterocycles. The summed E-state index contributed by atoms with van der Waals surface area (Å²) in [5, 5.41) is 4.40. The van der Waals surface area contributed by atoms with Crippen LogP contribution in [0.15, 0.2) is 53.1 Å². The van der Waals surface area contributed by atoms with Gasteiger partial charge in [-0.25, -0.2) is 4.79 Å². The van der Waals surface area contributed by atoms with Crippen LogP contribution in [0.4, 0.5) is 0 Å². The van der Waals surface area contributed by atoms with E-state index in [-0.39, 0.29) is 11.3 Å². The lowest BCUT2D eigenvalue weighted by molar-refractivity contribution is 0.0733. The van der Waals surface area contributed by atoms with E-state index in [9.17, 15) is 9.59 Å². The molecule has 0 spiro atoms. The number of carbonyl (C=O) groups excluding carboxylic acids is 2. The molecule has 0 N–H and O–H groups in total. The summed E-state index contributed by atoms with van der Waals surface area (Å²) in [6.45, 7) is 3.10. The number of Topliss-reactive ketones (excluding diaryl/α,β-unsaturated/α-hetero) is 1. The molecule has 1 heterocycles. The Morgan fingerprint density at radius 2 is 1.76 bits per heavy atom. The molecule has 0 saturated carbocycles. The van der Waals surface area contributed by atoms with Gasteiger partial charge in [0.2, 0.25) is 0 Å². The number of benzene rings is 2. The van der Waals surface area contributed by atoms with Gasteiger partial charge in [-0.3, -0.25) is 4.79 Å². The van der Waals surface area contributed by atoms with Crippen LogP contribution in [0.1, 0.15) is 33.4 Å². The van der Waals surface area contributed by atoms with Crippen molar-refractivity contribution in [2.45, 2.75) is 13.8 Å². The molecular formula is C19H14ClNO4. The van der Waals surface area contributed by atoms with E-state index in [0.717, 1.165) is 0 Å². The van der Waals surface area contributed by atoms with Gasteiger partial charge in [0.15, 0.2) is 5.78 Å². The van der Waals surface area contributed by atoms with Crippen LogP contribution < -0.4 is 4.74 Å². The predicted octanol–water partition coefficient (Wildman–Crippen LogP) is 4.73. The zero-order valence-corrected chi connectivity index (χ0v) is 14.3. The molecule has 2 aromatic carbocycles. The summed E-state index contributed by atoms with van der Waals surface area (Å²) in [4.78, 5) is 23.9. The second kappa shape index (κ2) is 6.91. The van der Waals surface area contributed by atoms with Crippen molar-refractivity contribution >= 4 is 23.4 Å². The first kappa shape index (κ1) is 16.9. The maximum absolute atomic E-state index is 12.6. The van der Waals surface area contributed by atoms with Crippen molar-refractivity contribution in [2.24, 2.45) is 0 Å². The maximum Gasteiger partial charge on any atom is 0.349 e. The van der Waals surface area contributed by atoms with Crippen LogP contribution in [0, 0.1) is 6.92 Å². The summed E-state index contributed by atoms with van der Waals surface area (Å²) in [5.74, 6) is -0.0148. The number of rotatable bonds is 4. The molecule has 3 rings (SSSR count). The van der Waals surface area contributed by atoms with Gasteiger partial charge in [0.25, 0.3) is 0 Å². The van der Waals surface area contributed by atoms with Gasteiger partial charge in [-0.05, 0) is 44.2 Å². The highest BCUT2D eigenvalue weighted by molar-refractivity contribution is 6.33.